The molecule has 2 aromatic carbocycles. The number of benzene rings is 2. The first-order valence-electron chi connectivity index (χ1n) is 7.45. The Morgan fingerprint density at radius 2 is 1.52 bits per heavy atom. The summed E-state index contributed by atoms with van der Waals surface area (Å²) in [4.78, 5) is 0. The Morgan fingerprint density at radius 3 is 2.09 bits per heavy atom. The number of rotatable bonds is 3. The van der Waals surface area contributed by atoms with Crippen molar-refractivity contribution in [2.24, 2.45) is 5.73 Å². The zero-order chi connectivity index (χ0) is 16.7. The summed E-state index contributed by atoms with van der Waals surface area (Å²) in [5.41, 5.74) is 6.98. The van der Waals surface area contributed by atoms with Gasteiger partial charge in [0.25, 0.3) is 0 Å². The van der Waals surface area contributed by atoms with Gasteiger partial charge in [0.1, 0.15) is 11.6 Å². The molecule has 1 nitrogen and oxygen atoms in total. The summed E-state index contributed by atoms with van der Waals surface area (Å²) in [6.07, 6.45) is 3.36. The maximum atomic E-state index is 13.7. The topological polar surface area (TPSA) is 26.0 Å². The molecule has 2 rings (SSSR count). The van der Waals surface area contributed by atoms with E-state index >= 15 is 0 Å². The number of nitrogens with two attached hydrogens (primary N) is 1. The number of unbranched alkanes of at least 4 members (excludes halogenated alkanes) is 1. The highest BCUT2D eigenvalue weighted by Gasteiger charge is 2.08. The van der Waals surface area contributed by atoms with Gasteiger partial charge in [0.15, 0.2) is 0 Å². The first-order chi connectivity index (χ1) is 11.1. The average molecular weight is 309 g/mol. The predicted octanol–water partition coefficient (Wildman–Crippen LogP) is 3.97. The second kappa shape index (κ2) is 8.01. The fourth-order valence-electron chi connectivity index (χ4n) is 2.12. The molecule has 0 saturated carbocycles. The third-order valence-corrected chi connectivity index (χ3v) is 3.36. The molecular formula is C20H17F2N. The van der Waals surface area contributed by atoms with Gasteiger partial charge in [-0.1, -0.05) is 37.3 Å². The van der Waals surface area contributed by atoms with E-state index in [1.165, 1.54) is 5.56 Å². The summed E-state index contributed by atoms with van der Waals surface area (Å²) in [5, 5.41) is 0. The molecule has 0 aromatic heterocycles. The molecule has 0 heterocycles. The summed E-state index contributed by atoms with van der Waals surface area (Å²) in [7, 11) is 0. The molecule has 23 heavy (non-hydrogen) atoms. The maximum Gasteiger partial charge on any atom is 0.143 e. The molecule has 116 valence electrons. The van der Waals surface area contributed by atoms with Gasteiger partial charge < -0.3 is 5.73 Å². The molecule has 3 heteroatoms. The van der Waals surface area contributed by atoms with Crippen LogP contribution in [0.25, 0.3) is 0 Å². The Hall–Kier alpha value is -2.78. The van der Waals surface area contributed by atoms with E-state index in [4.69, 9.17) is 5.73 Å². The number of hydrogen-bond acceptors (Lipinski definition) is 1. The van der Waals surface area contributed by atoms with E-state index in [-0.39, 0.29) is 11.1 Å². The van der Waals surface area contributed by atoms with Gasteiger partial charge in [-0.25, -0.2) is 8.78 Å². The SMILES string of the molecule is CCCCc1ccc(C#Cc2cc(F)c(C#CN)c(F)c2)cc1. The van der Waals surface area contributed by atoms with Crippen LogP contribution in [-0.2, 0) is 6.42 Å². The lowest BCUT2D eigenvalue weighted by Gasteiger charge is -2.00. The van der Waals surface area contributed by atoms with E-state index in [1.54, 1.807) is 0 Å². The molecule has 0 saturated heterocycles. The van der Waals surface area contributed by atoms with E-state index < -0.39 is 11.6 Å². The molecule has 0 aliphatic rings. The van der Waals surface area contributed by atoms with E-state index in [2.05, 4.69) is 24.7 Å². The van der Waals surface area contributed by atoms with E-state index in [0.29, 0.717) is 0 Å². The third-order valence-electron chi connectivity index (χ3n) is 3.36. The van der Waals surface area contributed by atoms with Crippen molar-refractivity contribution in [1.29, 1.82) is 0 Å². The van der Waals surface area contributed by atoms with Gasteiger partial charge in [0, 0.05) is 17.2 Å². The van der Waals surface area contributed by atoms with Gasteiger partial charge >= 0.3 is 0 Å². The Balaban J connectivity index is 2.19. The van der Waals surface area contributed by atoms with Crippen molar-refractivity contribution in [1.82, 2.24) is 0 Å². The smallest absolute Gasteiger partial charge is 0.143 e. The monoisotopic (exact) mass is 309 g/mol. The fraction of sp³-hybridized carbons (Fsp3) is 0.200. The van der Waals surface area contributed by atoms with Crippen LogP contribution in [0.15, 0.2) is 36.4 Å². The molecule has 0 bridgehead atoms. The third kappa shape index (κ3) is 4.59. The lowest BCUT2D eigenvalue weighted by molar-refractivity contribution is 0.577. The molecule has 0 radical (unpaired) electrons. The average Bonchev–Trinajstić information content (AvgIpc) is 2.55. The van der Waals surface area contributed by atoms with E-state index in [0.717, 1.165) is 37.0 Å². The maximum absolute atomic E-state index is 13.7. The minimum atomic E-state index is -0.762. The molecule has 2 N–H and O–H groups in total. The standard InChI is InChI=1S/C20H17F2N/c1-2-3-4-15-5-7-16(8-6-15)9-10-17-13-19(21)18(11-12-23)20(22)14-17/h5-8,13-14H,2-4,23H2,1H3. The molecular weight excluding hydrogens is 292 g/mol. The second-order valence-corrected chi connectivity index (χ2v) is 5.13. The molecule has 0 aliphatic heterocycles. The van der Waals surface area contributed by atoms with E-state index in [1.807, 2.05) is 30.3 Å². The van der Waals surface area contributed by atoms with Gasteiger partial charge in [-0.15, -0.1) is 0 Å². The molecule has 2 aromatic rings. The Bertz CT molecular complexity index is 777. The van der Waals surface area contributed by atoms with Gasteiger partial charge in [-0.3, -0.25) is 0 Å². The molecule has 0 spiro atoms. The van der Waals surface area contributed by atoms with E-state index in [9.17, 15) is 8.78 Å². The quantitative estimate of drug-likeness (QED) is 0.674. The van der Waals surface area contributed by atoms with Gasteiger partial charge in [-0.2, -0.15) is 0 Å². The lowest BCUT2D eigenvalue weighted by atomic mass is 10.1. The minimum absolute atomic E-state index is 0.262. The molecule has 0 amide bonds. The number of aryl methyl sites for hydroxylation is 1. The number of hydrogen-bond donors (Lipinski definition) is 1. The number of halogens is 2. The molecule has 0 atom stereocenters. The van der Waals surface area contributed by atoms with Crippen LogP contribution in [0.1, 0.15) is 42.0 Å². The Kier molecular flexibility index (Phi) is 5.78. The lowest BCUT2D eigenvalue weighted by Crippen LogP contribution is -1.93. The van der Waals surface area contributed by atoms with Crippen molar-refractivity contribution >= 4 is 0 Å². The summed E-state index contributed by atoms with van der Waals surface area (Å²) in [6, 6.07) is 12.2. The zero-order valence-electron chi connectivity index (χ0n) is 12.9. The molecule has 0 aliphatic carbocycles. The summed E-state index contributed by atoms with van der Waals surface area (Å²) in [6.45, 7) is 2.16. The summed E-state index contributed by atoms with van der Waals surface area (Å²) >= 11 is 0. The van der Waals surface area contributed by atoms with Crippen molar-refractivity contribution in [3.05, 3.63) is 70.3 Å². The highest BCUT2D eigenvalue weighted by Crippen LogP contribution is 2.14. The fourth-order valence-corrected chi connectivity index (χ4v) is 2.12. The van der Waals surface area contributed by atoms with Crippen molar-refractivity contribution in [2.45, 2.75) is 26.2 Å². The van der Waals surface area contributed by atoms with Gasteiger partial charge in [-0.05, 0) is 48.6 Å². The first-order valence-corrected chi connectivity index (χ1v) is 7.45. The normalized spacial score (nSPS) is 9.52. The molecule has 0 fully saturated rings. The Morgan fingerprint density at radius 1 is 0.913 bits per heavy atom. The Labute approximate surface area is 135 Å². The first kappa shape index (κ1) is 16.6. The van der Waals surface area contributed by atoms with Crippen molar-refractivity contribution in [3.8, 4) is 23.8 Å². The van der Waals surface area contributed by atoms with Crippen LogP contribution >= 0.6 is 0 Å². The largest absolute Gasteiger partial charge is 0.359 e. The minimum Gasteiger partial charge on any atom is -0.359 e. The van der Waals surface area contributed by atoms with Crippen LogP contribution in [0, 0.1) is 35.4 Å². The van der Waals surface area contributed by atoms with Crippen LogP contribution in [0.2, 0.25) is 0 Å². The van der Waals surface area contributed by atoms with Crippen LogP contribution in [0.3, 0.4) is 0 Å². The van der Waals surface area contributed by atoms with Crippen LogP contribution < -0.4 is 5.73 Å². The van der Waals surface area contributed by atoms with Gasteiger partial charge in [0.2, 0.25) is 0 Å². The van der Waals surface area contributed by atoms with Crippen LogP contribution in [-0.4, -0.2) is 0 Å². The van der Waals surface area contributed by atoms with Crippen LogP contribution in [0.5, 0.6) is 0 Å². The zero-order valence-corrected chi connectivity index (χ0v) is 12.9. The van der Waals surface area contributed by atoms with Crippen molar-refractivity contribution in [2.75, 3.05) is 0 Å². The predicted molar refractivity (Wildman–Crippen MR) is 88.5 cm³/mol. The van der Waals surface area contributed by atoms with Crippen LogP contribution in [0.4, 0.5) is 8.78 Å². The highest BCUT2D eigenvalue weighted by atomic mass is 19.1. The second-order valence-electron chi connectivity index (χ2n) is 5.13. The van der Waals surface area contributed by atoms with Crippen molar-refractivity contribution < 1.29 is 8.78 Å². The molecule has 0 unspecified atom stereocenters. The highest BCUT2D eigenvalue weighted by molar-refractivity contribution is 5.47. The van der Waals surface area contributed by atoms with Crippen molar-refractivity contribution in [3.63, 3.8) is 0 Å². The van der Waals surface area contributed by atoms with Gasteiger partial charge in [0.05, 0.1) is 5.56 Å². The summed E-state index contributed by atoms with van der Waals surface area (Å²) in [5.74, 6) is 6.35. The summed E-state index contributed by atoms with van der Waals surface area (Å²) < 4.78 is 27.5.